The molecule has 0 rings (SSSR count). The number of carbonyl (C=O) groups is 2. The summed E-state index contributed by atoms with van der Waals surface area (Å²) in [6, 6.07) is -0.667. The van der Waals surface area contributed by atoms with Gasteiger partial charge in [0.1, 0.15) is 6.04 Å². The summed E-state index contributed by atoms with van der Waals surface area (Å²) in [6.45, 7) is 0.132. The van der Waals surface area contributed by atoms with Crippen LogP contribution in [0.25, 0.3) is 0 Å². The first-order chi connectivity index (χ1) is 6.66. The fourth-order valence-corrected chi connectivity index (χ4v) is 0.248. The van der Waals surface area contributed by atoms with E-state index in [1.54, 1.807) is 0 Å². The van der Waals surface area contributed by atoms with Crippen LogP contribution in [-0.2, 0) is 14.3 Å². The number of alkyl halides is 3. The first-order valence-corrected chi connectivity index (χ1v) is 3.50. The standard InChI is InChI=1S/C4H10N2O2.C2HF3O2/c1-8-4(7)3(6)2-5;3-2(4,5)1(6)7/h3H,2,5-6H2,1H3;(H,6,7)/t3-;/m0./s1. The summed E-state index contributed by atoms with van der Waals surface area (Å²) >= 11 is 0. The predicted molar refractivity (Wildman–Crippen MR) is 42.7 cm³/mol. The van der Waals surface area contributed by atoms with Gasteiger partial charge >= 0.3 is 18.1 Å². The van der Waals surface area contributed by atoms with Crippen LogP contribution in [0.2, 0.25) is 0 Å². The van der Waals surface area contributed by atoms with Crippen molar-refractivity contribution in [1.82, 2.24) is 0 Å². The third kappa shape index (κ3) is 8.97. The highest BCUT2D eigenvalue weighted by Gasteiger charge is 2.38. The van der Waals surface area contributed by atoms with E-state index in [4.69, 9.17) is 21.4 Å². The molecule has 0 spiro atoms. The first kappa shape index (κ1) is 16.1. The minimum Gasteiger partial charge on any atom is -0.475 e. The van der Waals surface area contributed by atoms with Crippen molar-refractivity contribution in [2.24, 2.45) is 11.5 Å². The molecule has 90 valence electrons. The summed E-state index contributed by atoms with van der Waals surface area (Å²) < 4.78 is 36.0. The minimum atomic E-state index is -5.08. The van der Waals surface area contributed by atoms with Gasteiger partial charge in [-0.2, -0.15) is 13.2 Å². The molecule has 6 nitrogen and oxygen atoms in total. The van der Waals surface area contributed by atoms with Gasteiger partial charge in [0, 0.05) is 6.54 Å². The van der Waals surface area contributed by atoms with E-state index in [-0.39, 0.29) is 6.54 Å². The van der Waals surface area contributed by atoms with Crippen molar-refractivity contribution in [2.45, 2.75) is 12.2 Å². The Morgan fingerprint density at radius 1 is 1.47 bits per heavy atom. The van der Waals surface area contributed by atoms with Crippen molar-refractivity contribution in [3.05, 3.63) is 0 Å². The lowest BCUT2D eigenvalue weighted by Gasteiger charge is -2.03. The molecule has 1 atom stereocenters. The molecule has 0 aromatic carbocycles. The number of hydrogen-bond donors (Lipinski definition) is 3. The van der Waals surface area contributed by atoms with Gasteiger partial charge in [-0.05, 0) is 0 Å². The average Bonchev–Trinajstić information content (AvgIpc) is 2.14. The number of esters is 1. The molecule has 0 amide bonds. The molecule has 5 N–H and O–H groups in total. The van der Waals surface area contributed by atoms with Crippen molar-refractivity contribution < 1.29 is 32.6 Å². The number of halogens is 3. The summed E-state index contributed by atoms with van der Waals surface area (Å²) in [5, 5.41) is 7.12. The van der Waals surface area contributed by atoms with E-state index in [0.717, 1.165) is 0 Å². The second-order valence-electron chi connectivity index (χ2n) is 2.17. The third-order valence-electron chi connectivity index (χ3n) is 1.00. The molecule has 15 heavy (non-hydrogen) atoms. The number of aliphatic carboxylic acids is 1. The van der Waals surface area contributed by atoms with Gasteiger partial charge in [-0.3, -0.25) is 4.79 Å². The zero-order valence-electron chi connectivity index (χ0n) is 7.75. The summed E-state index contributed by atoms with van der Waals surface area (Å²) in [7, 11) is 1.28. The highest BCUT2D eigenvalue weighted by molar-refractivity contribution is 5.75. The lowest BCUT2D eigenvalue weighted by Crippen LogP contribution is -2.38. The van der Waals surface area contributed by atoms with Crippen LogP contribution in [-0.4, -0.2) is 42.9 Å². The van der Waals surface area contributed by atoms with Gasteiger partial charge in [0.25, 0.3) is 0 Å². The Labute approximate surface area is 83.0 Å². The van der Waals surface area contributed by atoms with Crippen molar-refractivity contribution in [3.63, 3.8) is 0 Å². The fraction of sp³-hybridized carbons (Fsp3) is 0.667. The molecule has 0 saturated carbocycles. The molecule has 0 aliphatic carbocycles. The second-order valence-corrected chi connectivity index (χ2v) is 2.17. The zero-order valence-corrected chi connectivity index (χ0v) is 7.75. The summed E-state index contributed by atoms with van der Waals surface area (Å²) in [6.07, 6.45) is -5.08. The summed E-state index contributed by atoms with van der Waals surface area (Å²) in [5.74, 6) is -3.22. The van der Waals surface area contributed by atoms with Crippen LogP contribution in [0.5, 0.6) is 0 Å². The molecule has 0 aromatic heterocycles. The largest absolute Gasteiger partial charge is 0.490 e. The topological polar surface area (TPSA) is 116 Å². The number of nitrogens with two attached hydrogens (primary N) is 2. The van der Waals surface area contributed by atoms with Gasteiger partial charge < -0.3 is 21.3 Å². The number of hydrogen-bond acceptors (Lipinski definition) is 5. The van der Waals surface area contributed by atoms with E-state index in [1.165, 1.54) is 7.11 Å². The highest BCUT2D eigenvalue weighted by Crippen LogP contribution is 2.13. The Kier molecular flexibility index (Phi) is 7.52. The van der Waals surface area contributed by atoms with E-state index < -0.39 is 24.2 Å². The Balaban J connectivity index is 0. The molecule has 0 heterocycles. The Hall–Kier alpha value is -1.35. The van der Waals surface area contributed by atoms with Crippen LogP contribution in [0, 0.1) is 0 Å². The normalized spacial score (nSPS) is 12.1. The number of methoxy groups -OCH3 is 1. The lowest BCUT2D eigenvalue weighted by atomic mass is 10.3. The predicted octanol–water partition coefficient (Wildman–Crippen LogP) is -0.921. The van der Waals surface area contributed by atoms with E-state index >= 15 is 0 Å². The van der Waals surface area contributed by atoms with Crippen molar-refractivity contribution >= 4 is 11.9 Å². The molecule has 0 saturated heterocycles. The molecule has 9 heteroatoms. The molecule has 0 aliphatic rings. The smallest absolute Gasteiger partial charge is 0.475 e. The second kappa shape index (κ2) is 7.01. The number of carboxylic acids is 1. The molecule has 0 unspecified atom stereocenters. The van der Waals surface area contributed by atoms with E-state index in [1.807, 2.05) is 0 Å². The molecular formula is C6H11F3N2O4. The summed E-state index contributed by atoms with van der Waals surface area (Å²) in [5.41, 5.74) is 10.2. The van der Waals surface area contributed by atoms with Gasteiger partial charge in [0.15, 0.2) is 0 Å². The van der Waals surface area contributed by atoms with Gasteiger partial charge in [0.2, 0.25) is 0 Å². The quantitative estimate of drug-likeness (QED) is 0.530. The van der Waals surface area contributed by atoms with Crippen molar-refractivity contribution in [1.29, 1.82) is 0 Å². The molecule has 0 radical (unpaired) electrons. The van der Waals surface area contributed by atoms with Gasteiger partial charge in [-0.25, -0.2) is 4.79 Å². The van der Waals surface area contributed by atoms with Gasteiger partial charge in [-0.15, -0.1) is 0 Å². The summed E-state index contributed by atoms with van der Waals surface area (Å²) in [4.78, 5) is 19.2. The maximum atomic E-state index is 10.6. The third-order valence-corrected chi connectivity index (χ3v) is 1.00. The van der Waals surface area contributed by atoms with E-state index in [9.17, 15) is 18.0 Å². The van der Waals surface area contributed by atoms with E-state index in [0.29, 0.717) is 0 Å². The SMILES string of the molecule is COC(=O)[C@@H](N)CN.O=C(O)C(F)(F)F. The van der Waals surface area contributed by atoms with Crippen molar-refractivity contribution in [3.8, 4) is 0 Å². The number of ether oxygens (including phenoxy) is 1. The van der Waals surface area contributed by atoms with Crippen LogP contribution in [0.1, 0.15) is 0 Å². The zero-order chi connectivity index (χ0) is 12.6. The maximum absolute atomic E-state index is 10.6. The van der Waals surface area contributed by atoms with Crippen LogP contribution < -0.4 is 11.5 Å². The average molecular weight is 232 g/mol. The molecular weight excluding hydrogens is 221 g/mol. The van der Waals surface area contributed by atoms with Gasteiger partial charge in [0.05, 0.1) is 7.11 Å². The highest BCUT2D eigenvalue weighted by atomic mass is 19.4. The molecule has 0 aromatic rings. The lowest BCUT2D eigenvalue weighted by molar-refractivity contribution is -0.192. The van der Waals surface area contributed by atoms with Crippen LogP contribution >= 0.6 is 0 Å². The fourth-order valence-electron chi connectivity index (χ4n) is 0.248. The molecule has 0 aliphatic heterocycles. The Morgan fingerprint density at radius 3 is 1.87 bits per heavy atom. The van der Waals surface area contributed by atoms with Crippen molar-refractivity contribution in [2.75, 3.05) is 13.7 Å². The monoisotopic (exact) mass is 232 g/mol. The first-order valence-electron chi connectivity index (χ1n) is 3.50. The van der Waals surface area contributed by atoms with Crippen LogP contribution in [0.3, 0.4) is 0 Å². The number of carboxylic acid groups (broad SMARTS) is 1. The molecule has 0 fully saturated rings. The van der Waals surface area contributed by atoms with E-state index in [2.05, 4.69) is 4.74 Å². The minimum absolute atomic E-state index is 0.132. The maximum Gasteiger partial charge on any atom is 0.490 e. The Bertz CT molecular complexity index is 219. The van der Waals surface area contributed by atoms with Crippen LogP contribution in [0.15, 0.2) is 0 Å². The number of carbonyl (C=O) groups excluding carboxylic acids is 1. The van der Waals surface area contributed by atoms with Gasteiger partial charge in [-0.1, -0.05) is 0 Å². The van der Waals surface area contributed by atoms with Crippen LogP contribution in [0.4, 0.5) is 13.2 Å². The Morgan fingerprint density at radius 2 is 1.80 bits per heavy atom. The number of rotatable bonds is 2. The molecule has 0 bridgehead atoms.